The van der Waals surface area contributed by atoms with E-state index in [9.17, 15) is 9.59 Å². The molecular weight excluding hydrogens is 194 g/mol. The van der Waals surface area contributed by atoms with Crippen LogP contribution in [-0.4, -0.2) is 17.1 Å². The minimum absolute atomic E-state index is 0.212. The van der Waals surface area contributed by atoms with Crippen molar-refractivity contribution < 1.29 is 9.53 Å². The smallest absolute Gasteiger partial charge is 0.331 e. The predicted octanol–water partition coefficient (Wildman–Crippen LogP) is 1.15. The Balaban J connectivity index is 3.11. The summed E-state index contributed by atoms with van der Waals surface area (Å²) in [5.74, 6) is -0.404. The van der Waals surface area contributed by atoms with E-state index in [4.69, 9.17) is 4.74 Å². The number of pyridine rings is 1. The summed E-state index contributed by atoms with van der Waals surface area (Å²) in [6.45, 7) is 5.37. The number of hydrogen-bond acceptors (Lipinski definition) is 3. The van der Waals surface area contributed by atoms with Crippen LogP contribution in [0.4, 0.5) is 0 Å². The van der Waals surface area contributed by atoms with E-state index in [1.54, 1.807) is 39.1 Å². The van der Waals surface area contributed by atoms with Gasteiger partial charge < -0.3 is 4.74 Å². The fourth-order valence-corrected chi connectivity index (χ4v) is 1.30. The molecule has 0 unspecified atom stereocenters. The van der Waals surface area contributed by atoms with Crippen molar-refractivity contribution in [1.82, 2.24) is 4.57 Å². The Labute approximate surface area is 88.5 Å². The fraction of sp³-hybridized carbons (Fsp3) is 0.455. The summed E-state index contributed by atoms with van der Waals surface area (Å²) in [5.41, 5.74) is -1.18. The summed E-state index contributed by atoms with van der Waals surface area (Å²) in [6, 6.07) is 4.77. The molecule has 0 amide bonds. The van der Waals surface area contributed by atoms with Crippen molar-refractivity contribution in [2.75, 3.05) is 6.61 Å². The van der Waals surface area contributed by atoms with Gasteiger partial charge in [0.2, 0.25) is 0 Å². The average Bonchev–Trinajstić information content (AvgIpc) is 2.18. The maximum Gasteiger partial charge on any atom is 0.331 e. The van der Waals surface area contributed by atoms with Gasteiger partial charge in [-0.2, -0.15) is 0 Å². The van der Waals surface area contributed by atoms with Gasteiger partial charge in [-0.3, -0.25) is 9.36 Å². The third-order valence-electron chi connectivity index (χ3n) is 2.20. The van der Waals surface area contributed by atoms with Crippen molar-refractivity contribution in [3.05, 3.63) is 34.7 Å². The minimum Gasteiger partial charge on any atom is -0.464 e. The van der Waals surface area contributed by atoms with E-state index in [0.717, 1.165) is 0 Å². The molecule has 15 heavy (non-hydrogen) atoms. The highest BCUT2D eigenvalue weighted by Gasteiger charge is 2.31. The Hall–Kier alpha value is -1.58. The number of rotatable bonds is 3. The van der Waals surface area contributed by atoms with Crippen LogP contribution >= 0.6 is 0 Å². The summed E-state index contributed by atoms with van der Waals surface area (Å²) >= 11 is 0. The van der Waals surface area contributed by atoms with E-state index < -0.39 is 11.5 Å². The first-order valence-corrected chi connectivity index (χ1v) is 4.85. The summed E-state index contributed by atoms with van der Waals surface area (Å²) in [5, 5.41) is 0. The molecule has 0 aliphatic carbocycles. The van der Waals surface area contributed by atoms with Crippen molar-refractivity contribution in [3.8, 4) is 0 Å². The lowest BCUT2D eigenvalue weighted by Gasteiger charge is -2.24. The summed E-state index contributed by atoms with van der Waals surface area (Å²) in [7, 11) is 0. The number of carbonyl (C=O) groups excluding carboxylic acids is 1. The topological polar surface area (TPSA) is 48.3 Å². The zero-order valence-electron chi connectivity index (χ0n) is 9.19. The van der Waals surface area contributed by atoms with E-state index in [-0.39, 0.29) is 5.56 Å². The molecule has 0 N–H and O–H groups in total. The highest BCUT2D eigenvalue weighted by Crippen LogP contribution is 2.14. The minimum atomic E-state index is -0.964. The van der Waals surface area contributed by atoms with Gasteiger partial charge in [-0.05, 0) is 26.8 Å². The summed E-state index contributed by atoms with van der Waals surface area (Å²) < 4.78 is 6.28. The molecule has 0 radical (unpaired) electrons. The number of nitrogens with zero attached hydrogens (tertiary/aromatic N) is 1. The molecule has 0 spiro atoms. The van der Waals surface area contributed by atoms with Gasteiger partial charge in [0.1, 0.15) is 5.54 Å². The lowest BCUT2D eigenvalue weighted by Crippen LogP contribution is -2.43. The van der Waals surface area contributed by atoms with E-state index in [1.807, 2.05) is 0 Å². The van der Waals surface area contributed by atoms with E-state index in [2.05, 4.69) is 0 Å². The molecule has 0 aliphatic heterocycles. The number of hydrogen-bond donors (Lipinski definition) is 0. The molecule has 4 heteroatoms. The third-order valence-corrected chi connectivity index (χ3v) is 2.20. The van der Waals surface area contributed by atoms with Gasteiger partial charge in [-0.1, -0.05) is 6.07 Å². The van der Waals surface area contributed by atoms with Crippen LogP contribution in [0.15, 0.2) is 29.2 Å². The second-order valence-electron chi connectivity index (χ2n) is 3.69. The SMILES string of the molecule is CCOC(=O)C(C)(C)n1ccccc1=O. The first-order chi connectivity index (χ1) is 7.00. The van der Waals surface area contributed by atoms with Gasteiger partial charge in [0.25, 0.3) is 5.56 Å². The molecule has 0 aliphatic rings. The molecule has 1 heterocycles. The largest absolute Gasteiger partial charge is 0.464 e. The maximum absolute atomic E-state index is 11.6. The van der Waals surface area contributed by atoms with Crippen LogP contribution in [0.3, 0.4) is 0 Å². The van der Waals surface area contributed by atoms with E-state index >= 15 is 0 Å². The molecule has 1 aromatic rings. The predicted molar refractivity (Wildman–Crippen MR) is 56.7 cm³/mol. The molecule has 4 nitrogen and oxygen atoms in total. The Bertz CT molecular complexity index is 406. The van der Waals surface area contributed by atoms with Crippen molar-refractivity contribution in [2.45, 2.75) is 26.3 Å². The molecule has 1 rings (SSSR count). The number of aromatic nitrogens is 1. The highest BCUT2D eigenvalue weighted by molar-refractivity contribution is 5.77. The van der Waals surface area contributed by atoms with Crippen molar-refractivity contribution in [2.24, 2.45) is 0 Å². The summed E-state index contributed by atoms with van der Waals surface area (Å²) in [6.07, 6.45) is 1.58. The van der Waals surface area contributed by atoms with Crippen LogP contribution in [0.1, 0.15) is 20.8 Å². The molecule has 0 atom stereocenters. The first-order valence-electron chi connectivity index (χ1n) is 4.85. The van der Waals surface area contributed by atoms with Crippen LogP contribution in [-0.2, 0) is 15.1 Å². The van der Waals surface area contributed by atoms with Crippen LogP contribution in [0.2, 0.25) is 0 Å². The Morgan fingerprint density at radius 3 is 2.67 bits per heavy atom. The maximum atomic E-state index is 11.6. The molecule has 0 fully saturated rings. The standard InChI is InChI=1S/C11H15NO3/c1-4-15-10(14)11(2,3)12-8-6-5-7-9(12)13/h5-8H,4H2,1-3H3. The Morgan fingerprint density at radius 1 is 1.47 bits per heavy atom. The number of carbonyl (C=O) groups is 1. The van der Waals surface area contributed by atoms with Gasteiger partial charge in [0.05, 0.1) is 6.61 Å². The number of ether oxygens (including phenoxy) is 1. The highest BCUT2D eigenvalue weighted by atomic mass is 16.5. The second kappa shape index (κ2) is 4.29. The lowest BCUT2D eigenvalue weighted by atomic mass is 10.1. The molecule has 1 aromatic heterocycles. The van der Waals surface area contributed by atoms with Gasteiger partial charge >= 0.3 is 5.97 Å². The van der Waals surface area contributed by atoms with Crippen LogP contribution in [0.25, 0.3) is 0 Å². The molecule has 82 valence electrons. The number of esters is 1. The van der Waals surface area contributed by atoms with Gasteiger partial charge in [0.15, 0.2) is 0 Å². The molecule has 0 aromatic carbocycles. The van der Waals surface area contributed by atoms with E-state index in [0.29, 0.717) is 6.61 Å². The molecule has 0 saturated carbocycles. The zero-order valence-corrected chi connectivity index (χ0v) is 9.19. The third kappa shape index (κ3) is 2.26. The zero-order chi connectivity index (χ0) is 11.5. The Kier molecular flexibility index (Phi) is 3.29. The Morgan fingerprint density at radius 2 is 2.13 bits per heavy atom. The van der Waals surface area contributed by atoms with Crippen molar-refractivity contribution in [3.63, 3.8) is 0 Å². The normalized spacial score (nSPS) is 11.1. The lowest BCUT2D eigenvalue weighted by molar-refractivity contribution is -0.152. The average molecular weight is 209 g/mol. The second-order valence-corrected chi connectivity index (χ2v) is 3.69. The van der Waals surface area contributed by atoms with Crippen molar-refractivity contribution in [1.29, 1.82) is 0 Å². The van der Waals surface area contributed by atoms with E-state index in [1.165, 1.54) is 10.6 Å². The summed E-state index contributed by atoms with van der Waals surface area (Å²) in [4.78, 5) is 23.2. The quantitative estimate of drug-likeness (QED) is 0.701. The fourth-order valence-electron chi connectivity index (χ4n) is 1.30. The molecule has 0 bridgehead atoms. The first kappa shape index (κ1) is 11.5. The van der Waals surface area contributed by atoms with Gasteiger partial charge in [-0.25, -0.2) is 4.79 Å². The van der Waals surface area contributed by atoms with Gasteiger partial charge in [0, 0.05) is 12.3 Å². The van der Waals surface area contributed by atoms with Crippen molar-refractivity contribution >= 4 is 5.97 Å². The van der Waals surface area contributed by atoms with Crippen LogP contribution < -0.4 is 5.56 Å². The van der Waals surface area contributed by atoms with Crippen LogP contribution in [0, 0.1) is 0 Å². The monoisotopic (exact) mass is 209 g/mol. The van der Waals surface area contributed by atoms with Gasteiger partial charge in [-0.15, -0.1) is 0 Å². The van der Waals surface area contributed by atoms with Crippen LogP contribution in [0.5, 0.6) is 0 Å². The molecular formula is C11H15NO3. The molecule has 0 saturated heterocycles.